The highest BCUT2D eigenvalue weighted by molar-refractivity contribution is 14.0. The summed E-state index contributed by atoms with van der Waals surface area (Å²) >= 11 is 0. The zero-order chi connectivity index (χ0) is 18.6. The quantitative estimate of drug-likeness (QED) is 0.241. The van der Waals surface area contributed by atoms with E-state index in [0.717, 1.165) is 69.6 Å². The van der Waals surface area contributed by atoms with Crippen molar-refractivity contribution < 1.29 is 9.47 Å². The van der Waals surface area contributed by atoms with Crippen LogP contribution in [0.5, 0.6) is 5.75 Å². The summed E-state index contributed by atoms with van der Waals surface area (Å²) in [5.41, 5.74) is 2.32. The zero-order valence-electron chi connectivity index (χ0n) is 16.9. The molecule has 2 N–H and O–H groups in total. The summed E-state index contributed by atoms with van der Waals surface area (Å²) in [6, 6.07) is 6.29. The molecule has 0 radical (unpaired) electrons. The molecule has 1 heterocycles. The number of nitrogens with one attached hydrogen (secondary N) is 2. The molecule has 1 saturated heterocycles. The first-order valence-corrected chi connectivity index (χ1v) is 9.77. The molecule has 0 atom stereocenters. The topological polar surface area (TPSA) is 58.1 Å². The molecule has 27 heavy (non-hydrogen) atoms. The highest BCUT2D eigenvalue weighted by Gasteiger charge is 2.09. The number of ether oxygens (including phenoxy) is 2. The Hall–Kier alpha value is -1.06. The van der Waals surface area contributed by atoms with Crippen LogP contribution in [0, 0.1) is 6.92 Å². The first kappa shape index (κ1) is 24.0. The first-order valence-electron chi connectivity index (χ1n) is 9.77. The van der Waals surface area contributed by atoms with Crippen LogP contribution in [-0.4, -0.2) is 63.4 Å². The Morgan fingerprint density at radius 3 is 2.70 bits per heavy atom. The minimum atomic E-state index is 0. The van der Waals surface area contributed by atoms with Gasteiger partial charge in [0.05, 0.1) is 26.4 Å². The van der Waals surface area contributed by atoms with Gasteiger partial charge >= 0.3 is 0 Å². The standard InChI is InChI=1S/C20H34N4O2.HI/c1-4-21-20(22-9-6-10-24-11-13-25-14-12-24)23-16-18-8-7-17(3)15-19(18)26-5-2;/h7-8,15H,4-6,9-14,16H2,1-3H3,(H2,21,22,23);1H. The maximum Gasteiger partial charge on any atom is 0.191 e. The normalized spacial score (nSPS) is 15.1. The molecule has 0 amide bonds. The van der Waals surface area contributed by atoms with Crippen LogP contribution >= 0.6 is 24.0 Å². The van der Waals surface area contributed by atoms with Crippen LogP contribution < -0.4 is 15.4 Å². The van der Waals surface area contributed by atoms with Gasteiger partial charge in [0.2, 0.25) is 0 Å². The second-order valence-electron chi connectivity index (χ2n) is 6.47. The summed E-state index contributed by atoms with van der Waals surface area (Å²) in [4.78, 5) is 7.18. The maximum absolute atomic E-state index is 5.75. The van der Waals surface area contributed by atoms with Gasteiger partial charge in [0.1, 0.15) is 5.75 Å². The van der Waals surface area contributed by atoms with Crippen LogP contribution in [0.15, 0.2) is 23.2 Å². The molecule has 0 aliphatic carbocycles. The SMILES string of the molecule is CCNC(=NCc1ccc(C)cc1OCC)NCCCN1CCOCC1.I. The van der Waals surface area contributed by atoms with Crippen LogP contribution in [0.25, 0.3) is 0 Å². The number of aliphatic imine (C=N–C) groups is 1. The van der Waals surface area contributed by atoms with Gasteiger partial charge in [0, 0.05) is 31.7 Å². The lowest BCUT2D eigenvalue weighted by Gasteiger charge is -2.26. The summed E-state index contributed by atoms with van der Waals surface area (Å²) in [6.45, 7) is 14.1. The van der Waals surface area contributed by atoms with E-state index in [1.807, 2.05) is 6.92 Å². The summed E-state index contributed by atoms with van der Waals surface area (Å²) in [5.74, 6) is 1.79. The van der Waals surface area contributed by atoms with E-state index >= 15 is 0 Å². The van der Waals surface area contributed by atoms with E-state index in [2.05, 4.69) is 47.6 Å². The molecule has 0 bridgehead atoms. The number of aryl methyl sites for hydroxylation is 1. The van der Waals surface area contributed by atoms with Gasteiger partial charge in [-0.25, -0.2) is 4.99 Å². The lowest BCUT2D eigenvalue weighted by atomic mass is 10.1. The predicted molar refractivity (Wildman–Crippen MR) is 122 cm³/mol. The number of nitrogens with zero attached hydrogens (tertiary/aromatic N) is 2. The minimum Gasteiger partial charge on any atom is -0.494 e. The number of rotatable bonds is 9. The van der Waals surface area contributed by atoms with Gasteiger partial charge in [-0.2, -0.15) is 0 Å². The fraction of sp³-hybridized carbons (Fsp3) is 0.650. The van der Waals surface area contributed by atoms with Crippen molar-refractivity contribution >= 4 is 29.9 Å². The minimum absolute atomic E-state index is 0. The van der Waals surface area contributed by atoms with E-state index in [1.54, 1.807) is 0 Å². The van der Waals surface area contributed by atoms with Crippen molar-refractivity contribution in [1.82, 2.24) is 15.5 Å². The van der Waals surface area contributed by atoms with Crippen molar-refractivity contribution in [2.75, 3.05) is 52.5 Å². The van der Waals surface area contributed by atoms with Gasteiger partial charge in [0.15, 0.2) is 5.96 Å². The van der Waals surface area contributed by atoms with E-state index in [1.165, 1.54) is 5.56 Å². The Morgan fingerprint density at radius 1 is 1.22 bits per heavy atom. The molecule has 0 aromatic heterocycles. The van der Waals surface area contributed by atoms with Crippen molar-refractivity contribution in [3.63, 3.8) is 0 Å². The second-order valence-corrected chi connectivity index (χ2v) is 6.47. The van der Waals surface area contributed by atoms with Gasteiger partial charge in [-0.05, 0) is 45.4 Å². The molecule has 6 nitrogen and oxygen atoms in total. The van der Waals surface area contributed by atoms with Gasteiger partial charge < -0.3 is 20.1 Å². The van der Waals surface area contributed by atoms with Crippen LogP contribution in [-0.2, 0) is 11.3 Å². The number of benzene rings is 1. The van der Waals surface area contributed by atoms with E-state index in [4.69, 9.17) is 14.5 Å². The largest absolute Gasteiger partial charge is 0.494 e. The van der Waals surface area contributed by atoms with Crippen LogP contribution in [0.1, 0.15) is 31.4 Å². The maximum atomic E-state index is 5.75. The first-order chi connectivity index (χ1) is 12.7. The second kappa shape index (κ2) is 14.0. The Bertz CT molecular complexity index is 563. The van der Waals surface area contributed by atoms with Crippen molar-refractivity contribution in [1.29, 1.82) is 0 Å². The molecule has 1 aromatic carbocycles. The molecule has 0 unspecified atom stereocenters. The van der Waals surface area contributed by atoms with E-state index in [9.17, 15) is 0 Å². The molecule has 1 aliphatic heterocycles. The predicted octanol–water partition coefficient (Wildman–Crippen LogP) is 2.79. The van der Waals surface area contributed by atoms with Crippen LogP contribution in [0.4, 0.5) is 0 Å². The van der Waals surface area contributed by atoms with E-state index in [-0.39, 0.29) is 24.0 Å². The van der Waals surface area contributed by atoms with Gasteiger partial charge in [0.25, 0.3) is 0 Å². The Balaban J connectivity index is 0.00000364. The lowest BCUT2D eigenvalue weighted by Crippen LogP contribution is -2.40. The summed E-state index contributed by atoms with van der Waals surface area (Å²) in [7, 11) is 0. The zero-order valence-corrected chi connectivity index (χ0v) is 19.3. The number of halogens is 1. The molecule has 0 spiro atoms. The Kier molecular flexibility index (Phi) is 12.4. The number of morpholine rings is 1. The van der Waals surface area contributed by atoms with Crippen LogP contribution in [0.3, 0.4) is 0 Å². The molecular weight excluding hydrogens is 455 g/mol. The number of hydrogen-bond donors (Lipinski definition) is 2. The third-order valence-electron chi connectivity index (χ3n) is 4.32. The van der Waals surface area contributed by atoms with E-state index < -0.39 is 0 Å². The fourth-order valence-corrected chi connectivity index (χ4v) is 2.92. The molecule has 7 heteroatoms. The molecular formula is C20H35IN4O2. The Morgan fingerprint density at radius 2 is 2.00 bits per heavy atom. The average molecular weight is 490 g/mol. The van der Waals surface area contributed by atoms with Crippen molar-refractivity contribution in [2.45, 2.75) is 33.7 Å². The molecule has 2 rings (SSSR count). The molecule has 154 valence electrons. The molecule has 1 fully saturated rings. The summed E-state index contributed by atoms with van der Waals surface area (Å²) in [5, 5.41) is 6.75. The fourth-order valence-electron chi connectivity index (χ4n) is 2.92. The number of hydrogen-bond acceptors (Lipinski definition) is 4. The molecule has 1 aromatic rings. The monoisotopic (exact) mass is 490 g/mol. The number of guanidine groups is 1. The lowest BCUT2D eigenvalue weighted by molar-refractivity contribution is 0.0376. The van der Waals surface area contributed by atoms with Crippen molar-refractivity contribution in [3.8, 4) is 5.75 Å². The van der Waals surface area contributed by atoms with Crippen molar-refractivity contribution in [2.24, 2.45) is 4.99 Å². The van der Waals surface area contributed by atoms with Crippen molar-refractivity contribution in [3.05, 3.63) is 29.3 Å². The van der Waals surface area contributed by atoms with Crippen LogP contribution in [0.2, 0.25) is 0 Å². The smallest absolute Gasteiger partial charge is 0.191 e. The molecule has 1 aliphatic rings. The summed E-state index contributed by atoms with van der Waals surface area (Å²) in [6.07, 6.45) is 1.10. The van der Waals surface area contributed by atoms with Gasteiger partial charge in [-0.15, -0.1) is 24.0 Å². The van der Waals surface area contributed by atoms with Gasteiger partial charge in [-0.3, -0.25) is 4.90 Å². The average Bonchev–Trinajstić information content (AvgIpc) is 2.65. The third-order valence-corrected chi connectivity index (χ3v) is 4.32. The Labute approximate surface area is 181 Å². The van der Waals surface area contributed by atoms with Gasteiger partial charge in [-0.1, -0.05) is 12.1 Å². The highest BCUT2D eigenvalue weighted by atomic mass is 127. The van der Waals surface area contributed by atoms with E-state index in [0.29, 0.717) is 13.2 Å². The summed E-state index contributed by atoms with van der Waals surface area (Å²) < 4.78 is 11.1. The molecule has 0 saturated carbocycles. The highest BCUT2D eigenvalue weighted by Crippen LogP contribution is 2.21. The third kappa shape index (κ3) is 9.12.